The second-order valence-electron chi connectivity index (χ2n) is 7.21. The van der Waals surface area contributed by atoms with E-state index in [1.54, 1.807) is 0 Å². The molecule has 2 heterocycles. The lowest BCUT2D eigenvalue weighted by molar-refractivity contribution is 0.0676. The molecule has 0 radical (unpaired) electrons. The van der Waals surface area contributed by atoms with E-state index >= 15 is 0 Å². The number of anilines is 1. The quantitative estimate of drug-likeness (QED) is 0.699. The van der Waals surface area contributed by atoms with Gasteiger partial charge in [-0.15, -0.1) is 0 Å². The van der Waals surface area contributed by atoms with Crippen LogP contribution in [0.2, 0.25) is 0 Å². The number of hydrogen-bond acceptors (Lipinski definition) is 4. The number of piperazine rings is 1. The van der Waals surface area contributed by atoms with Crippen LogP contribution in [0.25, 0.3) is 0 Å². The molecule has 0 bridgehead atoms. The molecule has 0 aromatic heterocycles. The second kappa shape index (κ2) is 8.97. The molecule has 2 saturated heterocycles. The molecule has 2 aromatic carbocycles. The second-order valence-corrected chi connectivity index (χ2v) is 8.06. The standard InChI is InChI=1S/C22H25BrN2O3/c23-20-15-17(8-9-21(20)28-16-19-7-4-14-27-19)22(26)25-12-10-24(11-13-25)18-5-2-1-3-6-18/h1-3,5-6,8-9,15,19H,4,7,10-14,16H2. The Morgan fingerprint density at radius 3 is 2.57 bits per heavy atom. The average molecular weight is 445 g/mol. The summed E-state index contributed by atoms with van der Waals surface area (Å²) >= 11 is 3.54. The van der Waals surface area contributed by atoms with Crippen molar-refractivity contribution in [3.8, 4) is 5.75 Å². The molecule has 148 valence electrons. The lowest BCUT2D eigenvalue weighted by Crippen LogP contribution is -2.48. The van der Waals surface area contributed by atoms with Crippen molar-refractivity contribution in [3.63, 3.8) is 0 Å². The normalized spacial score (nSPS) is 19.7. The van der Waals surface area contributed by atoms with Gasteiger partial charge in [-0.25, -0.2) is 0 Å². The van der Waals surface area contributed by atoms with E-state index < -0.39 is 0 Å². The molecule has 2 fully saturated rings. The third-order valence-electron chi connectivity index (χ3n) is 5.32. The smallest absolute Gasteiger partial charge is 0.254 e. The lowest BCUT2D eigenvalue weighted by Gasteiger charge is -2.36. The monoisotopic (exact) mass is 444 g/mol. The minimum atomic E-state index is 0.0686. The molecule has 1 unspecified atom stereocenters. The molecule has 2 aromatic rings. The summed E-state index contributed by atoms with van der Waals surface area (Å²) in [6.45, 7) is 4.51. The summed E-state index contributed by atoms with van der Waals surface area (Å²) in [5, 5.41) is 0. The molecule has 0 spiro atoms. The Hall–Kier alpha value is -2.05. The number of carbonyl (C=O) groups is 1. The van der Waals surface area contributed by atoms with Crippen molar-refractivity contribution in [2.45, 2.75) is 18.9 Å². The predicted molar refractivity (Wildman–Crippen MR) is 113 cm³/mol. The van der Waals surface area contributed by atoms with Crippen molar-refractivity contribution < 1.29 is 14.3 Å². The summed E-state index contributed by atoms with van der Waals surface area (Å²) in [5.41, 5.74) is 1.90. The molecule has 1 amide bonds. The Morgan fingerprint density at radius 1 is 1.11 bits per heavy atom. The molecular weight excluding hydrogens is 420 g/mol. The number of nitrogens with zero attached hydrogens (tertiary/aromatic N) is 2. The van der Waals surface area contributed by atoms with Gasteiger partial charge in [-0.2, -0.15) is 0 Å². The molecule has 0 aliphatic carbocycles. The predicted octanol–water partition coefficient (Wildman–Crippen LogP) is 3.97. The Balaban J connectivity index is 1.34. The largest absolute Gasteiger partial charge is 0.490 e. The molecule has 2 aliphatic heterocycles. The zero-order chi connectivity index (χ0) is 19.3. The Labute approximate surface area is 174 Å². The summed E-state index contributed by atoms with van der Waals surface area (Å²) in [6, 6.07) is 15.9. The van der Waals surface area contributed by atoms with Gasteiger partial charge in [0.05, 0.1) is 10.6 Å². The number of rotatable bonds is 5. The van der Waals surface area contributed by atoms with Crippen LogP contribution in [0, 0.1) is 0 Å². The van der Waals surface area contributed by atoms with Crippen LogP contribution in [0.5, 0.6) is 5.75 Å². The van der Waals surface area contributed by atoms with Crippen LogP contribution in [0.15, 0.2) is 53.0 Å². The minimum Gasteiger partial charge on any atom is -0.490 e. The van der Waals surface area contributed by atoms with Crippen LogP contribution < -0.4 is 9.64 Å². The van der Waals surface area contributed by atoms with Gasteiger partial charge in [-0.3, -0.25) is 4.79 Å². The number of halogens is 1. The molecule has 28 heavy (non-hydrogen) atoms. The fraction of sp³-hybridized carbons (Fsp3) is 0.409. The highest BCUT2D eigenvalue weighted by molar-refractivity contribution is 9.10. The highest BCUT2D eigenvalue weighted by Crippen LogP contribution is 2.28. The zero-order valence-corrected chi connectivity index (χ0v) is 17.4. The van der Waals surface area contributed by atoms with Gasteiger partial charge in [-0.05, 0) is 59.1 Å². The fourth-order valence-electron chi connectivity index (χ4n) is 3.70. The molecular formula is C22H25BrN2O3. The Morgan fingerprint density at radius 2 is 1.89 bits per heavy atom. The van der Waals surface area contributed by atoms with E-state index in [2.05, 4.69) is 33.0 Å². The topological polar surface area (TPSA) is 42.0 Å². The van der Waals surface area contributed by atoms with E-state index in [1.165, 1.54) is 5.69 Å². The highest BCUT2D eigenvalue weighted by atomic mass is 79.9. The van der Waals surface area contributed by atoms with Gasteiger partial charge in [0, 0.05) is 44.0 Å². The summed E-state index contributed by atoms with van der Waals surface area (Å²) < 4.78 is 12.3. The summed E-state index contributed by atoms with van der Waals surface area (Å²) in [4.78, 5) is 17.1. The molecule has 5 nitrogen and oxygen atoms in total. The van der Waals surface area contributed by atoms with Crippen LogP contribution in [-0.2, 0) is 4.74 Å². The molecule has 1 atom stereocenters. The third-order valence-corrected chi connectivity index (χ3v) is 5.94. The average Bonchev–Trinajstić information content (AvgIpc) is 3.27. The van der Waals surface area contributed by atoms with Gasteiger partial charge in [0.1, 0.15) is 12.4 Å². The van der Waals surface area contributed by atoms with Gasteiger partial charge < -0.3 is 19.3 Å². The first-order valence-corrected chi connectivity index (χ1v) is 10.6. The van der Waals surface area contributed by atoms with Crippen molar-refractivity contribution >= 4 is 27.5 Å². The van der Waals surface area contributed by atoms with Crippen LogP contribution >= 0.6 is 15.9 Å². The SMILES string of the molecule is O=C(c1ccc(OCC2CCCO2)c(Br)c1)N1CCN(c2ccccc2)CC1. The van der Waals surface area contributed by atoms with Gasteiger partial charge in [0.2, 0.25) is 0 Å². The van der Waals surface area contributed by atoms with E-state index in [0.29, 0.717) is 12.2 Å². The minimum absolute atomic E-state index is 0.0686. The van der Waals surface area contributed by atoms with Gasteiger partial charge >= 0.3 is 0 Å². The number of carbonyl (C=O) groups excluding carboxylic acids is 1. The van der Waals surface area contributed by atoms with E-state index in [-0.39, 0.29) is 12.0 Å². The summed E-state index contributed by atoms with van der Waals surface area (Å²) in [6.07, 6.45) is 2.32. The third kappa shape index (κ3) is 4.50. The molecule has 0 N–H and O–H groups in total. The Bertz CT molecular complexity index is 801. The maximum absolute atomic E-state index is 12.9. The maximum atomic E-state index is 12.9. The molecule has 6 heteroatoms. The number of amides is 1. The van der Waals surface area contributed by atoms with E-state index in [0.717, 1.165) is 55.8 Å². The van der Waals surface area contributed by atoms with E-state index in [9.17, 15) is 4.79 Å². The fourth-order valence-corrected chi connectivity index (χ4v) is 4.19. The van der Waals surface area contributed by atoms with Crippen molar-refractivity contribution in [1.82, 2.24) is 4.90 Å². The first-order chi connectivity index (χ1) is 13.7. The number of para-hydroxylation sites is 1. The first-order valence-electron chi connectivity index (χ1n) is 9.84. The van der Waals surface area contributed by atoms with Crippen molar-refractivity contribution in [1.29, 1.82) is 0 Å². The summed E-state index contributed by atoms with van der Waals surface area (Å²) in [5.74, 6) is 0.819. The van der Waals surface area contributed by atoms with Crippen molar-refractivity contribution in [2.24, 2.45) is 0 Å². The lowest BCUT2D eigenvalue weighted by atomic mass is 10.1. The van der Waals surface area contributed by atoms with Crippen molar-refractivity contribution in [3.05, 3.63) is 58.6 Å². The van der Waals surface area contributed by atoms with Gasteiger partial charge in [0.15, 0.2) is 0 Å². The van der Waals surface area contributed by atoms with Crippen LogP contribution in [0.3, 0.4) is 0 Å². The maximum Gasteiger partial charge on any atom is 0.254 e. The van der Waals surface area contributed by atoms with Crippen LogP contribution in [-0.4, -0.2) is 56.3 Å². The number of benzene rings is 2. The first kappa shape index (κ1) is 19.3. The number of ether oxygens (including phenoxy) is 2. The molecule has 2 aliphatic rings. The van der Waals surface area contributed by atoms with Crippen LogP contribution in [0.1, 0.15) is 23.2 Å². The van der Waals surface area contributed by atoms with Gasteiger partial charge in [0.25, 0.3) is 5.91 Å². The van der Waals surface area contributed by atoms with E-state index in [1.807, 2.05) is 41.3 Å². The van der Waals surface area contributed by atoms with E-state index in [4.69, 9.17) is 9.47 Å². The summed E-state index contributed by atoms with van der Waals surface area (Å²) in [7, 11) is 0. The zero-order valence-electron chi connectivity index (χ0n) is 15.9. The van der Waals surface area contributed by atoms with Crippen LogP contribution in [0.4, 0.5) is 5.69 Å². The van der Waals surface area contributed by atoms with Gasteiger partial charge in [-0.1, -0.05) is 18.2 Å². The highest BCUT2D eigenvalue weighted by Gasteiger charge is 2.23. The van der Waals surface area contributed by atoms with Crippen molar-refractivity contribution in [2.75, 3.05) is 44.3 Å². The number of hydrogen-bond donors (Lipinski definition) is 0. The molecule has 0 saturated carbocycles. The Kier molecular flexibility index (Phi) is 6.17. The molecule has 4 rings (SSSR count).